The van der Waals surface area contributed by atoms with E-state index in [0.717, 1.165) is 42.2 Å². The van der Waals surface area contributed by atoms with Crippen LogP contribution >= 0.6 is 127 Å². The first-order valence-corrected chi connectivity index (χ1v) is 13.9. The van der Waals surface area contributed by atoms with E-state index in [9.17, 15) is 0 Å². The largest absolute Gasteiger partial charge is 0.0557 e. The SMILES string of the molecule is CC1(C)C[C@](C)(c2cc(Br)c(Br)c(Br)c2Br)c2c(Br)c(Br)c(Br)c(Br)c21. The average molecular weight is 868 g/mol. The lowest BCUT2D eigenvalue weighted by molar-refractivity contribution is 0.422. The minimum Gasteiger partial charge on any atom is -0.0557 e. The highest BCUT2D eigenvalue weighted by Crippen LogP contribution is 2.61. The van der Waals surface area contributed by atoms with Gasteiger partial charge in [-0.25, -0.2) is 0 Å². The molecule has 1 atom stereocenters. The summed E-state index contributed by atoms with van der Waals surface area (Å²) >= 11 is 30.1. The van der Waals surface area contributed by atoms with Crippen molar-refractivity contribution in [1.82, 2.24) is 0 Å². The second-order valence-corrected chi connectivity index (χ2v) is 13.7. The van der Waals surface area contributed by atoms with Crippen molar-refractivity contribution in [1.29, 1.82) is 0 Å². The van der Waals surface area contributed by atoms with Gasteiger partial charge in [0.05, 0.1) is 0 Å². The predicted octanol–water partition coefficient (Wildman–Crippen LogP) is 10.8. The molecule has 0 aromatic heterocycles. The van der Waals surface area contributed by atoms with Crippen molar-refractivity contribution >= 4 is 127 Å². The maximum absolute atomic E-state index is 3.87. The quantitative estimate of drug-likeness (QED) is 0.198. The lowest BCUT2D eigenvalue weighted by Crippen LogP contribution is -2.24. The van der Waals surface area contributed by atoms with Crippen LogP contribution in [0.3, 0.4) is 0 Å². The molecule has 0 N–H and O–H groups in total. The molecule has 0 radical (unpaired) electrons. The molecule has 0 aliphatic heterocycles. The minimum atomic E-state index is -0.173. The van der Waals surface area contributed by atoms with Crippen LogP contribution < -0.4 is 0 Å². The van der Waals surface area contributed by atoms with E-state index in [1.165, 1.54) is 16.7 Å². The van der Waals surface area contributed by atoms with Crippen molar-refractivity contribution in [3.8, 4) is 0 Å². The molecule has 1 aliphatic rings. The Morgan fingerprint density at radius 1 is 0.615 bits per heavy atom. The Morgan fingerprint density at radius 3 is 1.62 bits per heavy atom. The van der Waals surface area contributed by atoms with Gasteiger partial charge in [0.2, 0.25) is 0 Å². The third-order valence-electron chi connectivity index (χ3n) is 4.99. The van der Waals surface area contributed by atoms with Crippen molar-refractivity contribution in [3.05, 3.63) is 58.5 Å². The number of halogens is 8. The smallest absolute Gasteiger partial charge is 0.0474 e. The van der Waals surface area contributed by atoms with Crippen LogP contribution in [-0.2, 0) is 10.8 Å². The molecule has 8 heteroatoms. The summed E-state index contributed by atoms with van der Waals surface area (Å²) in [5.41, 5.74) is 3.73. The normalized spacial score (nSPS) is 21.2. The van der Waals surface area contributed by atoms with Crippen LogP contribution in [0.5, 0.6) is 0 Å². The third kappa shape index (κ3) is 3.40. The van der Waals surface area contributed by atoms with Gasteiger partial charge in [0.1, 0.15) is 0 Å². The van der Waals surface area contributed by atoms with E-state index < -0.39 is 0 Å². The number of rotatable bonds is 1. The van der Waals surface area contributed by atoms with Crippen molar-refractivity contribution in [3.63, 3.8) is 0 Å². The molecule has 2 aromatic carbocycles. The van der Waals surface area contributed by atoms with Crippen LogP contribution in [-0.4, -0.2) is 0 Å². The van der Waals surface area contributed by atoms with Gasteiger partial charge in [-0.3, -0.25) is 0 Å². The molecule has 140 valence electrons. The summed E-state index contributed by atoms with van der Waals surface area (Å²) < 4.78 is 8.39. The first-order valence-electron chi connectivity index (χ1n) is 7.55. The Morgan fingerprint density at radius 2 is 1.08 bits per heavy atom. The van der Waals surface area contributed by atoms with E-state index in [-0.39, 0.29) is 10.8 Å². The van der Waals surface area contributed by atoms with Gasteiger partial charge >= 0.3 is 0 Å². The average Bonchev–Trinajstić information content (AvgIpc) is 2.78. The zero-order valence-corrected chi connectivity index (χ0v) is 26.5. The van der Waals surface area contributed by atoms with E-state index in [1.807, 2.05) is 0 Å². The van der Waals surface area contributed by atoms with E-state index in [1.54, 1.807) is 0 Å². The maximum atomic E-state index is 3.87. The fraction of sp³-hybridized carbons (Fsp3) is 0.333. The highest BCUT2D eigenvalue weighted by molar-refractivity contribution is 9.15. The molecule has 0 unspecified atom stereocenters. The van der Waals surface area contributed by atoms with Gasteiger partial charge in [-0.1, -0.05) is 20.8 Å². The molecule has 0 heterocycles. The topological polar surface area (TPSA) is 0 Å². The Kier molecular flexibility index (Phi) is 6.85. The molecular weight excluding hydrogens is 855 g/mol. The summed E-state index contributed by atoms with van der Waals surface area (Å²) in [5, 5.41) is 0. The highest BCUT2D eigenvalue weighted by Gasteiger charge is 2.50. The summed E-state index contributed by atoms with van der Waals surface area (Å²) in [6, 6.07) is 2.21. The zero-order chi connectivity index (χ0) is 19.8. The van der Waals surface area contributed by atoms with Crippen LogP contribution in [0.4, 0.5) is 0 Å². The van der Waals surface area contributed by atoms with Gasteiger partial charge in [-0.05, 0) is 162 Å². The predicted molar refractivity (Wildman–Crippen MR) is 139 cm³/mol. The van der Waals surface area contributed by atoms with Crippen LogP contribution in [0.25, 0.3) is 0 Å². The second kappa shape index (κ2) is 7.76. The molecule has 3 rings (SSSR count). The number of hydrogen-bond acceptors (Lipinski definition) is 0. The first-order chi connectivity index (χ1) is 11.8. The Bertz CT molecular complexity index is 947. The first kappa shape index (κ1) is 23.0. The summed E-state index contributed by atoms with van der Waals surface area (Å²) in [7, 11) is 0. The lowest BCUT2D eigenvalue weighted by atomic mass is 9.75. The molecule has 0 amide bonds. The second-order valence-electron chi connectivity index (χ2n) is 7.25. The van der Waals surface area contributed by atoms with Gasteiger partial charge in [0, 0.05) is 41.2 Å². The van der Waals surface area contributed by atoms with Crippen molar-refractivity contribution in [2.24, 2.45) is 0 Å². The van der Waals surface area contributed by atoms with E-state index in [0.29, 0.717) is 0 Å². The van der Waals surface area contributed by atoms with Crippen molar-refractivity contribution < 1.29 is 0 Å². The number of fused-ring (bicyclic) bond motifs is 1. The zero-order valence-electron chi connectivity index (χ0n) is 13.8. The third-order valence-corrected chi connectivity index (χ3v) is 14.4. The lowest BCUT2D eigenvalue weighted by Gasteiger charge is -2.31. The Balaban J connectivity index is 2.45. The van der Waals surface area contributed by atoms with E-state index in [2.05, 4.69) is 154 Å². The molecule has 0 bridgehead atoms. The molecule has 0 fully saturated rings. The summed E-state index contributed by atoms with van der Waals surface area (Å²) in [4.78, 5) is 0. The summed E-state index contributed by atoms with van der Waals surface area (Å²) in [6.45, 7) is 6.95. The number of benzene rings is 2. The summed E-state index contributed by atoms with van der Waals surface area (Å²) in [6.07, 6.45) is 0.995. The highest BCUT2D eigenvalue weighted by atomic mass is 79.9. The molecule has 2 aromatic rings. The van der Waals surface area contributed by atoms with Gasteiger partial charge in [-0.15, -0.1) is 0 Å². The van der Waals surface area contributed by atoms with Crippen molar-refractivity contribution in [2.75, 3.05) is 0 Å². The summed E-state index contributed by atoms with van der Waals surface area (Å²) in [5.74, 6) is 0. The van der Waals surface area contributed by atoms with E-state index >= 15 is 0 Å². The molecule has 0 saturated carbocycles. The molecule has 26 heavy (non-hydrogen) atoms. The number of hydrogen-bond donors (Lipinski definition) is 0. The Labute approximate surface area is 221 Å². The van der Waals surface area contributed by atoms with Crippen LogP contribution in [0.2, 0.25) is 0 Å². The molecule has 0 nitrogen and oxygen atoms in total. The van der Waals surface area contributed by atoms with Crippen molar-refractivity contribution in [2.45, 2.75) is 38.0 Å². The fourth-order valence-corrected chi connectivity index (χ4v) is 9.59. The van der Waals surface area contributed by atoms with Gasteiger partial charge in [0.15, 0.2) is 0 Å². The van der Waals surface area contributed by atoms with Crippen LogP contribution in [0.15, 0.2) is 41.8 Å². The standard InChI is InChI=1S/C18H12Br8/c1-17(2)5-18(3,6-4-7(19)11(21)14(24)10(6)20)9-8(17)12(22)15(25)16(26)13(9)23/h4H,5H2,1-3H3/t18-/m1/s1. The van der Waals surface area contributed by atoms with Gasteiger partial charge in [-0.2, -0.15) is 0 Å². The van der Waals surface area contributed by atoms with Crippen LogP contribution in [0, 0.1) is 0 Å². The van der Waals surface area contributed by atoms with Gasteiger partial charge in [0.25, 0.3) is 0 Å². The van der Waals surface area contributed by atoms with Gasteiger partial charge < -0.3 is 0 Å². The molecule has 1 aliphatic carbocycles. The van der Waals surface area contributed by atoms with E-state index in [4.69, 9.17) is 0 Å². The monoisotopic (exact) mass is 859 g/mol. The fourth-order valence-electron chi connectivity index (χ4n) is 4.05. The van der Waals surface area contributed by atoms with Crippen LogP contribution in [0.1, 0.15) is 43.9 Å². The maximum Gasteiger partial charge on any atom is 0.0474 e. The minimum absolute atomic E-state index is 0.0140. The molecule has 0 saturated heterocycles. The Hall–Kier alpha value is 2.28. The molecular formula is C18H12Br8. The molecule has 0 spiro atoms.